The first-order valence-electron chi connectivity index (χ1n) is 13.7. The van der Waals surface area contributed by atoms with E-state index in [4.69, 9.17) is 9.40 Å². The molecule has 0 radical (unpaired) electrons. The van der Waals surface area contributed by atoms with Gasteiger partial charge >= 0.3 is 0 Å². The third-order valence-electron chi connectivity index (χ3n) is 7.94. The normalized spacial score (nSPS) is 12.0. The summed E-state index contributed by atoms with van der Waals surface area (Å²) in [5.74, 6) is 0. The van der Waals surface area contributed by atoms with Crippen molar-refractivity contribution in [3.05, 3.63) is 146 Å². The molecule has 0 fully saturated rings. The molecule has 8 rings (SSSR count). The first-order valence-corrected chi connectivity index (χ1v) is 15.4. The van der Waals surface area contributed by atoms with Crippen molar-refractivity contribution < 1.29 is 8.98 Å². The molecule has 0 aliphatic carbocycles. The molecule has 0 aliphatic rings. The molecule has 0 bridgehead atoms. The monoisotopic (exact) mass is 545 g/mol. The second kappa shape index (κ2) is 9.30. The fourth-order valence-corrected chi connectivity index (χ4v) is 8.66. The van der Waals surface area contributed by atoms with E-state index in [1.54, 1.807) is 0 Å². The van der Waals surface area contributed by atoms with E-state index in [1.165, 1.54) is 0 Å². The molecular formula is C37H24NO2P. The number of hydrogen-bond acceptors (Lipinski definition) is 3. The molecule has 0 saturated carbocycles. The van der Waals surface area contributed by atoms with Crippen LogP contribution in [0.3, 0.4) is 0 Å². The highest BCUT2D eigenvalue weighted by Crippen LogP contribution is 2.45. The summed E-state index contributed by atoms with van der Waals surface area (Å²) in [6.07, 6.45) is 0. The van der Waals surface area contributed by atoms with Crippen molar-refractivity contribution in [3.8, 4) is 11.3 Å². The zero-order valence-corrected chi connectivity index (χ0v) is 23.0. The molecule has 8 aromatic rings. The maximum atomic E-state index is 15.2. The largest absolute Gasteiger partial charge is 0.455 e. The van der Waals surface area contributed by atoms with E-state index in [2.05, 4.69) is 36.4 Å². The number of fused-ring (bicyclic) bond motifs is 7. The van der Waals surface area contributed by atoms with Gasteiger partial charge in [0.15, 0.2) is 7.14 Å². The molecule has 0 unspecified atom stereocenters. The average molecular weight is 546 g/mol. The fraction of sp³-hybridized carbons (Fsp3) is 0. The standard InChI is InChI=1S/C37H24NO2P/c39-41(26-14-6-2-7-15-26,27-16-8-3-9-17-27)28-20-21-31-33(24-28)38-36(25-12-4-1-5-13-25)32-23-22-30-29-18-10-11-19-34(29)40-37(30)35(31)32/h1-24H. The molecule has 0 amide bonds. The third-order valence-corrected chi connectivity index (χ3v) is 11.0. The Bertz CT molecular complexity index is 2230. The van der Waals surface area contributed by atoms with Crippen molar-refractivity contribution in [1.82, 2.24) is 4.98 Å². The lowest BCUT2D eigenvalue weighted by Gasteiger charge is -2.21. The maximum Gasteiger partial charge on any atom is 0.171 e. The molecule has 2 heterocycles. The van der Waals surface area contributed by atoms with Gasteiger partial charge in [0.1, 0.15) is 11.2 Å². The van der Waals surface area contributed by atoms with Gasteiger partial charge in [-0.25, -0.2) is 4.98 Å². The summed E-state index contributed by atoms with van der Waals surface area (Å²) in [5, 5.41) is 7.53. The number of pyridine rings is 1. The van der Waals surface area contributed by atoms with E-state index >= 15 is 4.57 Å². The van der Waals surface area contributed by atoms with Crippen molar-refractivity contribution in [1.29, 1.82) is 0 Å². The van der Waals surface area contributed by atoms with Crippen molar-refractivity contribution >= 4 is 66.7 Å². The predicted octanol–water partition coefficient (Wildman–Crippen LogP) is 8.59. The summed E-state index contributed by atoms with van der Waals surface area (Å²) < 4.78 is 21.7. The second-order valence-corrected chi connectivity index (χ2v) is 13.0. The minimum Gasteiger partial charge on any atom is -0.455 e. The maximum absolute atomic E-state index is 15.2. The number of aromatic nitrogens is 1. The van der Waals surface area contributed by atoms with E-state index in [0.717, 1.165) is 70.8 Å². The van der Waals surface area contributed by atoms with Crippen LogP contribution in [-0.4, -0.2) is 4.98 Å². The van der Waals surface area contributed by atoms with Crippen molar-refractivity contribution in [2.45, 2.75) is 0 Å². The quantitative estimate of drug-likeness (QED) is 0.164. The number of furan rings is 1. The van der Waals surface area contributed by atoms with Gasteiger partial charge in [-0.3, -0.25) is 0 Å². The highest BCUT2D eigenvalue weighted by Gasteiger charge is 2.30. The van der Waals surface area contributed by atoms with Gasteiger partial charge in [-0.05, 0) is 18.2 Å². The van der Waals surface area contributed by atoms with Gasteiger partial charge in [0, 0.05) is 48.4 Å². The van der Waals surface area contributed by atoms with Gasteiger partial charge in [0.25, 0.3) is 0 Å². The number of hydrogen-bond donors (Lipinski definition) is 0. The molecule has 3 nitrogen and oxygen atoms in total. The van der Waals surface area contributed by atoms with E-state index in [9.17, 15) is 0 Å². The van der Waals surface area contributed by atoms with E-state index in [-0.39, 0.29) is 0 Å². The summed E-state index contributed by atoms with van der Waals surface area (Å²) in [7, 11) is -3.16. The highest BCUT2D eigenvalue weighted by molar-refractivity contribution is 7.85. The third kappa shape index (κ3) is 3.67. The van der Waals surface area contributed by atoms with Gasteiger partial charge in [-0.1, -0.05) is 127 Å². The molecule has 0 N–H and O–H groups in total. The lowest BCUT2D eigenvalue weighted by Crippen LogP contribution is -2.25. The molecule has 2 aromatic heterocycles. The molecule has 0 saturated heterocycles. The van der Waals surface area contributed by atoms with Gasteiger partial charge < -0.3 is 8.98 Å². The molecule has 0 aliphatic heterocycles. The molecular weight excluding hydrogens is 521 g/mol. The van der Waals surface area contributed by atoms with Crippen LogP contribution in [0.4, 0.5) is 0 Å². The molecule has 0 spiro atoms. The number of para-hydroxylation sites is 1. The smallest absolute Gasteiger partial charge is 0.171 e. The topological polar surface area (TPSA) is 43.1 Å². The Morgan fingerprint density at radius 2 is 1.10 bits per heavy atom. The zero-order chi connectivity index (χ0) is 27.4. The minimum atomic E-state index is -3.16. The summed E-state index contributed by atoms with van der Waals surface area (Å²) in [6.45, 7) is 0. The lowest BCUT2D eigenvalue weighted by molar-refractivity contribution is 0.592. The second-order valence-electron chi connectivity index (χ2n) is 10.3. The zero-order valence-electron chi connectivity index (χ0n) is 22.1. The summed E-state index contributed by atoms with van der Waals surface area (Å²) >= 11 is 0. The SMILES string of the molecule is O=P(c1ccccc1)(c1ccccc1)c1ccc2c(c1)nc(-c1ccccc1)c1ccc3c4ccccc4oc3c12. The van der Waals surface area contributed by atoms with Crippen LogP contribution in [0.5, 0.6) is 0 Å². The Labute approximate surface area is 237 Å². The van der Waals surface area contributed by atoms with Crippen molar-refractivity contribution in [2.24, 2.45) is 0 Å². The van der Waals surface area contributed by atoms with Crippen LogP contribution in [0.25, 0.3) is 54.9 Å². The van der Waals surface area contributed by atoms with Gasteiger partial charge in [0.05, 0.1) is 11.2 Å². The predicted molar refractivity (Wildman–Crippen MR) is 171 cm³/mol. The Balaban J connectivity index is 1.49. The Kier molecular flexibility index (Phi) is 5.41. The van der Waals surface area contributed by atoms with Crippen LogP contribution >= 0.6 is 7.14 Å². The van der Waals surface area contributed by atoms with Crippen molar-refractivity contribution in [2.75, 3.05) is 0 Å². The molecule has 6 aromatic carbocycles. The van der Waals surface area contributed by atoms with Crippen LogP contribution in [0.2, 0.25) is 0 Å². The van der Waals surface area contributed by atoms with Crippen molar-refractivity contribution in [3.63, 3.8) is 0 Å². The van der Waals surface area contributed by atoms with Crippen LogP contribution in [0.1, 0.15) is 0 Å². The van der Waals surface area contributed by atoms with E-state index in [1.807, 2.05) is 109 Å². The van der Waals surface area contributed by atoms with Gasteiger partial charge in [0.2, 0.25) is 0 Å². The molecule has 41 heavy (non-hydrogen) atoms. The van der Waals surface area contributed by atoms with Gasteiger partial charge in [-0.15, -0.1) is 0 Å². The summed E-state index contributed by atoms with van der Waals surface area (Å²) in [6, 6.07) is 48.3. The minimum absolute atomic E-state index is 0.755. The molecule has 4 heteroatoms. The fourth-order valence-electron chi connectivity index (χ4n) is 5.99. The van der Waals surface area contributed by atoms with Crippen LogP contribution in [0, 0.1) is 0 Å². The molecule has 0 atom stereocenters. The Morgan fingerprint density at radius 3 is 1.80 bits per heavy atom. The lowest BCUT2D eigenvalue weighted by atomic mass is 9.98. The number of rotatable bonds is 4. The average Bonchev–Trinajstić information content (AvgIpc) is 3.44. The van der Waals surface area contributed by atoms with E-state index in [0.29, 0.717) is 0 Å². The number of nitrogens with zero attached hydrogens (tertiary/aromatic N) is 1. The first kappa shape index (κ1) is 23.9. The Hall–Kier alpha value is -4.98. The summed E-state index contributed by atoms with van der Waals surface area (Å²) in [4.78, 5) is 5.23. The van der Waals surface area contributed by atoms with Crippen LogP contribution in [0.15, 0.2) is 150 Å². The molecule has 194 valence electrons. The first-order chi connectivity index (χ1) is 20.2. The van der Waals surface area contributed by atoms with Crippen LogP contribution < -0.4 is 15.9 Å². The highest BCUT2D eigenvalue weighted by atomic mass is 31.2. The van der Waals surface area contributed by atoms with Gasteiger partial charge in [-0.2, -0.15) is 0 Å². The Morgan fingerprint density at radius 1 is 0.512 bits per heavy atom. The van der Waals surface area contributed by atoms with E-state index < -0.39 is 7.14 Å². The summed E-state index contributed by atoms with van der Waals surface area (Å²) in [5.41, 5.74) is 4.39. The van der Waals surface area contributed by atoms with Crippen LogP contribution in [-0.2, 0) is 4.57 Å². The number of benzene rings is 6.